The summed E-state index contributed by atoms with van der Waals surface area (Å²) in [5.74, 6) is -0.212. The first-order valence-corrected chi connectivity index (χ1v) is 8.57. The minimum atomic E-state index is -0.397. The molecule has 1 amide bonds. The van der Waals surface area contributed by atoms with Crippen molar-refractivity contribution in [1.29, 1.82) is 0 Å². The molecule has 2 heterocycles. The highest BCUT2D eigenvalue weighted by molar-refractivity contribution is 7.09. The number of hydrogen-bond donors (Lipinski definition) is 1. The molecule has 6 heteroatoms. The third-order valence-electron chi connectivity index (χ3n) is 4.21. The summed E-state index contributed by atoms with van der Waals surface area (Å²) in [4.78, 5) is 18.6. The Morgan fingerprint density at radius 3 is 3.09 bits per heavy atom. The monoisotopic (exact) mass is 334 g/mol. The summed E-state index contributed by atoms with van der Waals surface area (Å²) in [6.07, 6.45) is 0.946. The van der Waals surface area contributed by atoms with Crippen molar-refractivity contribution in [3.8, 4) is 0 Å². The molecule has 1 fully saturated rings. The van der Waals surface area contributed by atoms with Crippen LogP contribution in [0, 0.1) is 11.7 Å². The van der Waals surface area contributed by atoms with Gasteiger partial charge in [0.25, 0.3) is 5.91 Å². The summed E-state index contributed by atoms with van der Waals surface area (Å²) in [5, 5.41) is 12.2. The van der Waals surface area contributed by atoms with E-state index in [9.17, 15) is 14.3 Å². The molecule has 2 atom stereocenters. The van der Waals surface area contributed by atoms with Crippen LogP contribution in [0.5, 0.6) is 0 Å². The predicted molar refractivity (Wildman–Crippen MR) is 87.0 cm³/mol. The Labute approximate surface area is 138 Å². The lowest BCUT2D eigenvalue weighted by molar-refractivity contribution is 0.0757. The number of aromatic nitrogens is 1. The van der Waals surface area contributed by atoms with Crippen LogP contribution in [0.2, 0.25) is 0 Å². The third-order valence-corrected chi connectivity index (χ3v) is 5.06. The zero-order valence-electron chi connectivity index (χ0n) is 12.9. The topological polar surface area (TPSA) is 53.4 Å². The number of amides is 1. The van der Waals surface area contributed by atoms with Crippen LogP contribution >= 0.6 is 11.3 Å². The van der Waals surface area contributed by atoms with Crippen LogP contribution < -0.4 is 0 Å². The van der Waals surface area contributed by atoms with Crippen molar-refractivity contribution < 1.29 is 14.3 Å². The van der Waals surface area contributed by atoms with Gasteiger partial charge < -0.3 is 10.0 Å². The standard InChI is InChI=1S/C17H19FN2O2S/c1-11(21)13-5-6-20(9-13)17(22)15-10-23-16(19-15)8-12-3-2-4-14(18)7-12/h2-4,7,10-11,13,21H,5-6,8-9H2,1H3. The van der Waals surface area contributed by atoms with E-state index in [1.807, 2.05) is 6.07 Å². The van der Waals surface area contributed by atoms with E-state index in [1.165, 1.54) is 23.5 Å². The fraction of sp³-hybridized carbons (Fsp3) is 0.412. The molecular weight excluding hydrogens is 315 g/mol. The van der Waals surface area contributed by atoms with Gasteiger partial charge in [0, 0.05) is 30.8 Å². The highest BCUT2D eigenvalue weighted by atomic mass is 32.1. The van der Waals surface area contributed by atoms with Crippen molar-refractivity contribution in [3.05, 3.63) is 51.7 Å². The van der Waals surface area contributed by atoms with Crippen molar-refractivity contribution in [2.24, 2.45) is 5.92 Å². The van der Waals surface area contributed by atoms with Gasteiger partial charge >= 0.3 is 0 Å². The first-order chi connectivity index (χ1) is 11.0. The highest BCUT2D eigenvalue weighted by Gasteiger charge is 2.30. The Morgan fingerprint density at radius 1 is 1.57 bits per heavy atom. The minimum absolute atomic E-state index is 0.0881. The molecule has 1 N–H and O–H groups in total. The summed E-state index contributed by atoms with van der Waals surface area (Å²) in [5.41, 5.74) is 1.28. The second-order valence-electron chi connectivity index (χ2n) is 5.97. The van der Waals surface area contributed by atoms with Gasteiger partial charge in [-0.25, -0.2) is 9.37 Å². The first-order valence-electron chi connectivity index (χ1n) is 7.69. The number of rotatable bonds is 4. The van der Waals surface area contributed by atoms with Gasteiger partial charge in [-0.2, -0.15) is 0 Å². The molecule has 0 radical (unpaired) electrons. The lowest BCUT2D eigenvalue weighted by Crippen LogP contribution is -2.30. The van der Waals surface area contributed by atoms with E-state index >= 15 is 0 Å². The van der Waals surface area contributed by atoms with E-state index in [2.05, 4.69) is 4.98 Å². The molecule has 1 aromatic heterocycles. The van der Waals surface area contributed by atoms with Crippen LogP contribution in [-0.2, 0) is 6.42 Å². The Morgan fingerprint density at radius 2 is 2.39 bits per heavy atom. The zero-order chi connectivity index (χ0) is 16.4. The molecule has 0 bridgehead atoms. The first kappa shape index (κ1) is 16.1. The number of aliphatic hydroxyl groups is 1. The van der Waals surface area contributed by atoms with E-state index in [0.717, 1.165) is 17.0 Å². The van der Waals surface area contributed by atoms with E-state index in [-0.39, 0.29) is 17.6 Å². The van der Waals surface area contributed by atoms with Crippen molar-refractivity contribution in [2.45, 2.75) is 25.9 Å². The summed E-state index contributed by atoms with van der Waals surface area (Å²) in [6.45, 7) is 3.00. The fourth-order valence-electron chi connectivity index (χ4n) is 2.84. The number of hydrogen-bond acceptors (Lipinski definition) is 4. The zero-order valence-corrected chi connectivity index (χ0v) is 13.7. The quantitative estimate of drug-likeness (QED) is 0.935. The molecule has 23 heavy (non-hydrogen) atoms. The number of carbonyl (C=O) groups is 1. The maximum atomic E-state index is 13.2. The third kappa shape index (κ3) is 3.76. The molecule has 0 spiro atoms. The number of halogens is 1. The minimum Gasteiger partial charge on any atom is -0.393 e. The van der Waals surface area contributed by atoms with Gasteiger partial charge in [0.2, 0.25) is 0 Å². The molecule has 1 aliphatic rings. The average Bonchev–Trinajstić information content (AvgIpc) is 3.15. The van der Waals surface area contributed by atoms with E-state index in [4.69, 9.17) is 0 Å². The van der Waals surface area contributed by atoms with Crippen LogP contribution in [0.4, 0.5) is 4.39 Å². The van der Waals surface area contributed by atoms with Crippen LogP contribution in [0.15, 0.2) is 29.6 Å². The fourth-order valence-corrected chi connectivity index (χ4v) is 3.64. The Hall–Kier alpha value is -1.79. The van der Waals surface area contributed by atoms with Gasteiger partial charge in [-0.3, -0.25) is 4.79 Å². The maximum absolute atomic E-state index is 13.2. The molecule has 4 nitrogen and oxygen atoms in total. The van der Waals surface area contributed by atoms with Crippen LogP contribution in [-0.4, -0.2) is 40.1 Å². The molecule has 1 saturated heterocycles. The number of nitrogens with zero attached hydrogens (tertiary/aromatic N) is 2. The Kier molecular flexibility index (Phi) is 4.73. The van der Waals surface area contributed by atoms with E-state index < -0.39 is 6.10 Å². The van der Waals surface area contributed by atoms with Gasteiger partial charge in [-0.1, -0.05) is 12.1 Å². The number of carbonyl (C=O) groups excluding carboxylic acids is 1. The molecule has 2 unspecified atom stereocenters. The average molecular weight is 334 g/mol. The summed E-state index contributed by atoms with van der Waals surface area (Å²) in [7, 11) is 0. The number of benzene rings is 1. The van der Waals surface area contributed by atoms with Crippen LogP contribution in [0.1, 0.15) is 34.4 Å². The Bertz CT molecular complexity index is 701. The van der Waals surface area contributed by atoms with Crippen molar-refractivity contribution in [2.75, 3.05) is 13.1 Å². The van der Waals surface area contributed by atoms with Crippen molar-refractivity contribution in [3.63, 3.8) is 0 Å². The summed E-state index contributed by atoms with van der Waals surface area (Å²) >= 11 is 1.41. The summed E-state index contributed by atoms with van der Waals surface area (Å²) in [6, 6.07) is 6.41. The molecule has 0 saturated carbocycles. The maximum Gasteiger partial charge on any atom is 0.273 e. The van der Waals surface area contributed by atoms with Gasteiger partial charge in [0.1, 0.15) is 11.5 Å². The number of aliphatic hydroxyl groups excluding tert-OH is 1. The molecular formula is C17H19FN2O2S. The van der Waals surface area contributed by atoms with Crippen molar-refractivity contribution >= 4 is 17.2 Å². The number of thiazole rings is 1. The molecule has 1 aliphatic heterocycles. The predicted octanol–water partition coefficient (Wildman–Crippen LogP) is 2.72. The van der Waals surface area contributed by atoms with Gasteiger partial charge in [0.05, 0.1) is 11.1 Å². The van der Waals surface area contributed by atoms with Gasteiger partial charge in [0.15, 0.2) is 0 Å². The molecule has 2 aromatic rings. The van der Waals surface area contributed by atoms with Gasteiger partial charge in [-0.05, 0) is 31.0 Å². The lowest BCUT2D eigenvalue weighted by Gasteiger charge is -2.16. The molecule has 1 aromatic carbocycles. The largest absolute Gasteiger partial charge is 0.393 e. The Balaban J connectivity index is 1.66. The SMILES string of the molecule is CC(O)C1CCN(C(=O)c2csc(Cc3cccc(F)c3)n2)C1. The highest BCUT2D eigenvalue weighted by Crippen LogP contribution is 2.23. The molecule has 0 aliphatic carbocycles. The van der Waals surface area contributed by atoms with Crippen LogP contribution in [0.25, 0.3) is 0 Å². The van der Waals surface area contributed by atoms with Crippen LogP contribution in [0.3, 0.4) is 0 Å². The second-order valence-corrected chi connectivity index (χ2v) is 6.92. The van der Waals surface area contributed by atoms with E-state index in [0.29, 0.717) is 25.2 Å². The van der Waals surface area contributed by atoms with Gasteiger partial charge in [-0.15, -0.1) is 11.3 Å². The van der Waals surface area contributed by atoms with Crippen molar-refractivity contribution in [1.82, 2.24) is 9.88 Å². The smallest absolute Gasteiger partial charge is 0.273 e. The number of likely N-dealkylation sites (tertiary alicyclic amines) is 1. The molecule has 3 rings (SSSR count). The van der Waals surface area contributed by atoms with E-state index in [1.54, 1.807) is 23.3 Å². The second kappa shape index (κ2) is 6.76. The lowest BCUT2D eigenvalue weighted by atomic mass is 10.0. The molecule has 122 valence electrons. The summed E-state index contributed by atoms with van der Waals surface area (Å²) < 4.78 is 13.2. The normalized spacial score (nSPS) is 19.1.